The number of hydrogen-bond donors (Lipinski definition) is 0. The van der Waals surface area contributed by atoms with Gasteiger partial charge in [0.15, 0.2) is 0 Å². The van der Waals surface area contributed by atoms with Crippen LogP contribution in [0.1, 0.15) is 30.3 Å². The Hall–Kier alpha value is -0.670. The molecular formula is C11H16ClN3. The molecule has 1 aromatic heterocycles. The molecule has 2 rings (SSSR count). The molecule has 0 saturated carbocycles. The highest BCUT2D eigenvalue weighted by Crippen LogP contribution is 2.25. The van der Waals surface area contributed by atoms with E-state index < -0.39 is 0 Å². The van der Waals surface area contributed by atoms with Crippen molar-refractivity contribution in [2.45, 2.75) is 24.6 Å². The topological polar surface area (TPSA) is 29.0 Å². The molecule has 0 aromatic carbocycles. The summed E-state index contributed by atoms with van der Waals surface area (Å²) in [5.74, 6) is 1.74. The van der Waals surface area contributed by atoms with Crippen molar-refractivity contribution in [3.8, 4) is 0 Å². The van der Waals surface area contributed by atoms with Crippen LogP contribution < -0.4 is 0 Å². The molecule has 1 aliphatic rings. The molecule has 1 saturated heterocycles. The maximum absolute atomic E-state index is 5.73. The third kappa shape index (κ3) is 2.67. The van der Waals surface area contributed by atoms with Gasteiger partial charge in [0.1, 0.15) is 5.82 Å². The second-order valence-corrected chi connectivity index (χ2v) is 4.38. The van der Waals surface area contributed by atoms with Gasteiger partial charge in [-0.3, -0.25) is 0 Å². The van der Waals surface area contributed by atoms with Gasteiger partial charge in [0.2, 0.25) is 0 Å². The van der Waals surface area contributed by atoms with E-state index >= 15 is 0 Å². The van der Waals surface area contributed by atoms with Crippen molar-refractivity contribution in [1.82, 2.24) is 14.9 Å². The second-order valence-electron chi connectivity index (χ2n) is 4.11. The molecule has 0 N–H and O–H groups in total. The first-order valence-electron chi connectivity index (χ1n) is 5.36. The molecule has 0 aliphatic carbocycles. The molecule has 0 bridgehead atoms. The monoisotopic (exact) mass is 225 g/mol. The molecule has 1 aromatic rings. The quantitative estimate of drug-likeness (QED) is 0.722. The zero-order chi connectivity index (χ0) is 10.7. The zero-order valence-electron chi connectivity index (χ0n) is 8.99. The molecular weight excluding hydrogens is 210 g/mol. The molecule has 0 spiro atoms. The van der Waals surface area contributed by atoms with Crippen LogP contribution in [-0.2, 0) is 5.88 Å². The molecule has 1 fully saturated rings. The minimum absolute atomic E-state index is 0.403. The van der Waals surface area contributed by atoms with Crippen LogP contribution in [0.3, 0.4) is 0 Å². The van der Waals surface area contributed by atoms with Crippen LogP contribution in [0.4, 0.5) is 0 Å². The number of halogens is 1. The summed E-state index contributed by atoms with van der Waals surface area (Å²) in [5, 5.41) is 0. The van der Waals surface area contributed by atoms with Crippen molar-refractivity contribution in [3.05, 3.63) is 23.8 Å². The van der Waals surface area contributed by atoms with Gasteiger partial charge in [-0.15, -0.1) is 11.6 Å². The van der Waals surface area contributed by atoms with Gasteiger partial charge < -0.3 is 4.90 Å². The highest BCUT2D eigenvalue weighted by molar-refractivity contribution is 6.16. The van der Waals surface area contributed by atoms with Crippen LogP contribution in [0.5, 0.6) is 0 Å². The van der Waals surface area contributed by atoms with Gasteiger partial charge in [-0.25, -0.2) is 9.97 Å². The van der Waals surface area contributed by atoms with Crippen molar-refractivity contribution in [2.24, 2.45) is 0 Å². The van der Waals surface area contributed by atoms with E-state index in [-0.39, 0.29) is 0 Å². The fraction of sp³-hybridized carbons (Fsp3) is 0.636. The lowest BCUT2D eigenvalue weighted by atomic mass is 9.94. The van der Waals surface area contributed by atoms with Crippen molar-refractivity contribution in [3.63, 3.8) is 0 Å². The van der Waals surface area contributed by atoms with Crippen LogP contribution in [0.15, 0.2) is 12.3 Å². The number of piperidine rings is 1. The molecule has 0 radical (unpaired) electrons. The molecule has 1 aliphatic heterocycles. The number of likely N-dealkylation sites (tertiary alicyclic amines) is 1. The molecule has 0 amide bonds. The fourth-order valence-corrected chi connectivity index (χ4v) is 2.14. The van der Waals surface area contributed by atoms with E-state index in [2.05, 4.69) is 21.9 Å². The SMILES string of the molecule is CN1CCC(c2ccnc(CCl)n2)CC1. The Kier molecular flexibility index (Phi) is 3.54. The summed E-state index contributed by atoms with van der Waals surface area (Å²) in [5.41, 5.74) is 1.16. The lowest BCUT2D eigenvalue weighted by Gasteiger charge is -2.28. The lowest BCUT2D eigenvalue weighted by Crippen LogP contribution is -2.29. The molecule has 82 valence electrons. The minimum atomic E-state index is 0.403. The average molecular weight is 226 g/mol. The zero-order valence-corrected chi connectivity index (χ0v) is 9.74. The fourth-order valence-electron chi connectivity index (χ4n) is 2.01. The summed E-state index contributed by atoms with van der Waals surface area (Å²) in [4.78, 5) is 11.0. The molecule has 4 heteroatoms. The number of alkyl halides is 1. The van der Waals surface area contributed by atoms with E-state index in [1.165, 1.54) is 12.8 Å². The number of aromatic nitrogens is 2. The largest absolute Gasteiger partial charge is 0.306 e. The number of hydrogen-bond acceptors (Lipinski definition) is 3. The standard InChI is InChI=1S/C11H16ClN3/c1-15-6-3-9(4-7-15)10-2-5-13-11(8-12)14-10/h2,5,9H,3-4,6-8H2,1H3. The van der Waals surface area contributed by atoms with Gasteiger partial charge in [0, 0.05) is 17.8 Å². The lowest BCUT2D eigenvalue weighted by molar-refractivity contribution is 0.253. The molecule has 15 heavy (non-hydrogen) atoms. The van der Waals surface area contributed by atoms with Crippen LogP contribution in [0, 0.1) is 0 Å². The summed E-state index contributed by atoms with van der Waals surface area (Å²) in [6.07, 6.45) is 4.20. The Morgan fingerprint density at radius 2 is 2.20 bits per heavy atom. The van der Waals surface area contributed by atoms with E-state index in [0.29, 0.717) is 11.8 Å². The summed E-state index contributed by atoms with van der Waals surface area (Å²) in [7, 11) is 2.17. The van der Waals surface area contributed by atoms with Crippen molar-refractivity contribution in [1.29, 1.82) is 0 Å². The summed E-state index contributed by atoms with van der Waals surface area (Å²) in [6.45, 7) is 2.32. The first kappa shape index (κ1) is 10.8. The van der Waals surface area contributed by atoms with Crippen molar-refractivity contribution in [2.75, 3.05) is 20.1 Å². The molecule has 2 heterocycles. The predicted molar refractivity (Wildman–Crippen MR) is 61.1 cm³/mol. The van der Waals surface area contributed by atoms with Crippen molar-refractivity contribution < 1.29 is 0 Å². The van der Waals surface area contributed by atoms with E-state index in [1.54, 1.807) is 0 Å². The van der Waals surface area contributed by atoms with E-state index in [9.17, 15) is 0 Å². The normalized spacial score (nSPS) is 19.3. The molecule has 3 nitrogen and oxygen atoms in total. The third-order valence-electron chi connectivity index (χ3n) is 2.98. The van der Waals surface area contributed by atoms with Gasteiger partial charge in [0.05, 0.1) is 5.88 Å². The Morgan fingerprint density at radius 1 is 1.47 bits per heavy atom. The van der Waals surface area contributed by atoms with Gasteiger partial charge in [-0.1, -0.05) is 0 Å². The van der Waals surface area contributed by atoms with E-state index in [4.69, 9.17) is 11.6 Å². The molecule has 0 unspecified atom stereocenters. The summed E-state index contributed by atoms with van der Waals surface area (Å²) in [6, 6.07) is 2.02. The highest BCUT2D eigenvalue weighted by Gasteiger charge is 2.19. The predicted octanol–water partition coefficient (Wildman–Crippen LogP) is 2.02. The Bertz CT molecular complexity index is 321. The maximum atomic E-state index is 5.73. The van der Waals surface area contributed by atoms with Crippen LogP contribution in [0.25, 0.3) is 0 Å². The van der Waals surface area contributed by atoms with Crippen molar-refractivity contribution >= 4 is 11.6 Å². The Balaban J connectivity index is 2.08. The summed E-state index contributed by atoms with van der Waals surface area (Å²) >= 11 is 5.73. The smallest absolute Gasteiger partial charge is 0.143 e. The maximum Gasteiger partial charge on any atom is 0.143 e. The van der Waals surface area contributed by atoms with Gasteiger partial charge in [-0.2, -0.15) is 0 Å². The van der Waals surface area contributed by atoms with Gasteiger partial charge in [0.25, 0.3) is 0 Å². The van der Waals surface area contributed by atoms with E-state index in [1.807, 2.05) is 12.3 Å². The molecule has 0 atom stereocenters. The third-order valence-corrected chi connectivity index (χ3v) is 3.22. The Morgan fingerprint density at radius 3 is 2.87 bits per heavy atom. The van der Waals surface area contributed by atoms with Gasteiger partial charge in [-0.05, 0) is 39.0 Å². The summed E-state index contributed by atoms with van der Waals surface area (Å²) < 4.78 is 0. The van der Waals surface area contributed by atoms with Crippen LogP contribution in [0.2, 0.25) is 0 Å². The van der Waals surface area contributed by atoms with Crippen LogP contribution >= 0.6 is 11.6 Å². The van der Waals surface area contributed by atoms with E-state index in [0.717, 1.165) is 24.6 Å². The highest BCUT2D eigenvalue weighted by atomic mass is 35.5. The second kappa shape index (κ2) is 4.90. The Labute approximate surface area is 95.5 Å². The average Bonchev–Trinajstić information content (AvgIpc) is 2.30. The minimum Gasteiger partial charge on any atom is -0.306 e. The van der Waals surface area contributed by atoms with Crippen LogP contribution in [-0.4, -0.2) is 35.0 Å². The van der Waals surface area contributed by atoms with Gasteiger partial charge >= 0.3 is 0 Å². The first-order valence-corrected chi connectivity index (χ1v) is 5.89. The first-order chi connectivity index (χ1) is 7.29. The number of nitrogens with zero attached hydrogens (tertiary/aromatic N) is 3. The number of rotatable bonds is 2.